The number of carbonyl (C=O) groups is 1. The van der Waals surface area contributed by atoms with Crippen LogP contribution in [0.25, 0.3) is 11.0 Å². The first-order chi connectivity index (χ1) is 11.6. The van der Waals surface area contributed by atoms with Crippen molar-refractivity contribution in [3.05, 3.63) is 58.8 Å². The molecular weight excluding hydrogens is 313 g/mol. The number of aromatic nitrogens is 2. The van der Waals surface area contributed by atoms with Gasteiger partial charge in [-0.15, -0.1) is 0 Å². The molecule has 0 fully saturated rings. The van der Waals surface area contributed by atoms with Crippen LogP contribution < -0.4 is 15.7 Å². The molecule has 0 bridgehead atoms. The van der Waals surface area contributed by atoms with Crippen LogP contribution in [-0.4, -0.2) is 22.1 Å². The lowest BCUT2D eigenvalue weighted by atomic mass is 10.3. The van der Waals surface area contributed by atoms with Crippen molar-refractivity contribution in [2.24, 2.45) is 0 Å². The van der Waals surface area contributed by atoms with Crippen molar-refractivity contribution in [3.8, 4) is 5.75 Å². The Morgan fingerprint density at radius 1 is 1.29 bits per heavy atom. The summed E-state index contributed by atoms with van der Waals surface area (Å²) in [6, 6.07) is 11.0. The highest BCUT2D eigenvalue weighted by atomic mass is 19.1. The van der Waals surface area contributed by atoms with E-state index < -0.39 is 11.5 Å². The summed E-state index contributed by atoms with van der Waals surface area (Å²) < 4.78 is 19.9. The highest BCUT2D eigenvalue weighted by Crippen LogP contribution is 2.23. The molecule has 3 rings (SSSR count). The molecule has 0 atom stereocenters. The summed E-state index contributed by atoms with van der Waals surface area (Å²) in [5.74, 6) is -0.276. The van der Waals surface area contributed by atoms with E-state index >= 15 is 0 Å². The zero-order valence-electron chi connectivity index (χ0n) is 13.0. The minimum atomic E-state index is -0.469. The van der Waals surface area contributed by atoms with Gasteiger partial charge in [0.2, 0.25) is 5.91 Å². The Kier molecular flexibility index (Phi) is 4.33. The maximum atomic E-state index is 13.2. The summed E-state index contributed by atoms with van der Waals surface area (Å²) in [7, 11) is 0. The number of amides is 1. The van der Waals surface area contributed by atoms with E-state index in [-0.39, 0.29) is 12.5 Å². The average molecular weight is 329 g/mol. The first-order valence-corrected chi connectivity index (χ1v) is 7.48. The van der Waals surface area contributed by atoms with E-state index in [1.807, 2.05) is 6.92 Å². The highest BCUT2D eigenvalue weighted by Gasteiger charge is 2.13. The minimum Gasteiger partial charge on any atom is -0.492 e. The smallest absolute Gasteiger partial charge is 0.326 e. The molecule has 2 N–H and O–H groups in total. The van der Waals surface area contributed by atoms with Crippen molar-refractivity contribution in [2.75, 3.05) is 11.9 Å². The highest BCUT2D eigenvalue weighted by molar-refractivity contribution is 5.93. The Hall–Kier alpha value is -3.09. The van der Waals surface area contributed by atoms with Gasteiger partial charge in [0.05, 0.1) is 23.3 Å². The van der Waals surface area contributed by atoms with E-state index in [4.69, 9.17) is 4.74 Å². The maximum Gasteiger partial charge on any atom is 0.326 e. The summed E-state index contributed by atoms with van der Waals surface area (Å²) in [5, 5.41) is 2.73. The number of imidazole rings is 1. The Balaban J connectivity index is 1.83. The average Bonchev–Trinajstić information content (AvgIpc) is 2.84. The van der Waals surface area contributed by atoms with Crippen LogP contribution in [0.3, 0.4) is 0 Å². The number of para-hydroxylation sites is 2. The Morgan fingerprint density at radius 3 is 2.88 bits per heavy atom. The van der Waals surface area contributed by atoms with Gasteiger partial charge >= 0.3 is 5.69 Å². The number of hydrogen-bond acceptors (Lipinski definition) is 3. The van der Waals surface area contributed by atoms with Gasteiger partial charge < -0.3 is 15.0 Å². The van der Waals surface area contributed by atoms with Crippen molar-refractivity contribution in [1.82, 2.24) is 9.55 Å². The van der Waals surface area contributed by atoms with Gasteiger partial charge in [-0.05, 0) is 37.3 Å². The second-order valence-electron chi connectivity index (χ2n) is 5.16. The van der Waals surface area contributed by atoms with Gasteiger partial charge in [-0.3, -0.25) is 9.36 Å². The number of ether oxygens (including phenoxy) is 1. The molecule has 0 saturated carbocycles. The number of nitrogens with one attached hydrogen (secondary N) is 2. The molecule has 0 radical (unpaired) electrons. The molecule has 24 heavy (non-hydrogen) atoms. The first kappa shape index (κ1) is 15.8. The molecule has 0 aliphatic rings. The van der Waals surface area contributed by atoms with Crippen molar-refractivity contribution >= 4 is 22.6 Å². The van der Waals surface area contributed by atoms with Crippen molar-refractivity contribution < 1.29 is 13.9 Å². The Morgan fingerprint density at radius 2 is 2.08 bits per heavy atom. The number of aromatic amines is 1. The van der Waals surface area contributed by atoms with Crippen LogP contribution in [0.15, 0.2) is 47.3 Å². The molecule has 7 heteroatoms. The van der Waals surface area contributed by atoms with Gasteiger partial charge in [-0.2, -0.15) is 0 Å². The Bertz CT molecular complexity index is 946. The van der Waals surface area contributed by atoms with Crippen molar-refractivity contribution in [2.45, 2.75) is 13.5 Å². The number of halogens is 1. The third-order valence-corrected chi connectivity index (χ3v) is 3.50. The minimum absolute atomic E-state index is 0.190. The molecule has 6 nitrogen and oxygen atoms in total. The van der Waals surface area contributed by atoms with Crippen LogP contribution in [0.2, 0.25) is 0 Å². The second-order valence-corrected chi connectivity index (χ2v) is 5.16. The molecule has 0 aliphatic heterocycles. The molecule has 2 aromatic carbocycles. The number of anilines is 1. The third-order valence-electron chi connectivity index (χ3n) is 3.50. The first-order valence-electron chi connectivity index (χ1n) is 7.48. The predicted molar refractivity (Wildman–Crippen MR) is 88.8 cm³/mol. The third kappa shape index (κ3) is 3.15. The summed E-state index contributed by atoms with van der Waals surface area (Å²) in [6.07, 6.45) is 0. The van der Waals surface area contributed by atoms with Gasteiger partial charge in [-0.25, -0.2) is 9.18 Å². The number of H-pyrrole nitrogens is 1. The SMILES string of the molecule is CCOc1ccccc1NC(=O)Cn1c(=O)[nH]c2cc(F)ccc21. The van der Waals surface area contributed by atoms with E-state index in [9.17, 15) is 14.0 Å². The Labute approximate surface area is 136 Å². The van der Waals surface area contributed by atoms with E-state index in [1.165, 1.54) is 22.8 Å². The number of hydrogen-bond donors (Lipinski definition) is 2. The molecule has 0 spiro atoms. The summed E-state index contributed by atoms with van der Waals surface area (Å²) in [5.41, 5.74) is 0.879. The van der Waals surface area contributed by atoms with Gasteiger partial charge in [0, 0.05) is 0 Å². The van der Waals surface area contributed by atoms with Gasteiger partial charge in [0.1, 0.15) is 18.1 Å². The number of rotatable bonds is 5. The zero-order valence-corrected chi connectivity index (χ0v) is 13.0. The van der Waals surface area contributed by atoms with Crippen molar-refractivity contribution in [3.63, 3.8) is 0 Å². The molecule has 1 aromatic heterocycles. The van der Waals surface area contributed by atoms with Crippen LogP contribution in [-0.2, 0) is 11.3 Å². The van der Waals surface area contributed by atoms with Crippen LogP contribution in [0.4, 0.5) is 10.1 Å². The number of fused-ring (bicyclic) bond motifs is 1. The number of carbonyl (C=O) groups excluding carboxylic acids is 1. The van der Waals surface area contributed by atoms with Crippen LogP contribution in [0.5, 0.6) is 5.75 Å². The molecule has 1 heterocycles. The lowest BCUT2D eigenvalue weighted by Gasteiger charge is -2.11. The fraction of sp³-hybridized carbons (Fsp3) is 0.176. The normalized spacial score (nSPS) is 10.8. The summed E-state index contributed by atoms with van der Waals surface area (Å²) in [6.45, 7) is 2.13. The summed E-state index contributed by atoms with van der Waals surface area (Å²) >= 11 is 0. The van der Waals surface area contributed by atoms with Crippen LogP contribution in [0.1, 0.15) is 6.92 Å². The zero-order chi connectivity index (χ0) is 17.1. The fourth-order valence-electron chi connectivity index (χ4n) is 2.48. The molecule has 3 aromatic rings. The van der Waals surface area contributed by atoms with Crippen LogP contribution >= 0.6 is 0 Å². The lowest BCUT2D eigenvalue weighted by molar-refractivity contribution is -0.116. The van der Waals surface area contributed by atoms with Crippen LogP contribution in [0, 0.1) is 5.82 Å². The second kappa shape index (κ2) is 6.57. The van der Waals surface area contributed by atoms with Gasteiger partial charge in [0.25, 0.3) is 0 Å². The van der Waals surface area contributed by atoms with E-state index in [0.29, 0.717) is 29.1 Å². The number of nitrogens with zero attached hydrogens (tertiary/aromatic N) is 1. The molecule has 1 amide bonds. The molecule has 0 aliphatic carbocycles. The lowest BCUT2D eigenvalue weighted by Crippen LogP contribution is -2.26. The molecule has 0 unspecified atom stereocenters. The van der Waals surface area contributed by atoms with E-state index in [1.54, 1.807) is 24.3 Å². The number of benzene rings is 2. The van der Waals surface area contributed by atoms with E-state index in [2.05, 4.69) is 10.3 Å². The van der Waals surface area contributed by atoms with Gasteiger partial charge in [0.15, 0.2) is 0 Å². The maximum absolute atomic E-state index is 13.2. The molecular formula is C17H16FN3O3. The van der Waals surface area contributed by atoms with E-state index in [0.717, 1.165) is 0 Å². The fourth-order valence-corrected chi connectivity index (χ4v) is 2.48. The topological polar surface area (TPSA) is 76.1 Å². The van der Waals surface area contributed by atoms with Gasteiger partial charge in [-0.1, -0.05) is 12.1 Å². The largest absolute Gasteiger partial charge is 0.492 e. The quantitative estimate of drug-likeness (QED) is 0.755. The monoisotopic (exact) mass is 329 g/mol. The molecule has 124 valence electrons. The standard InChI is InChI=1S/C17H16FN3O3/c1-2-24-15-6-4-3-5-12(15)19-16(22)10-21-14-8-7-11(18)9-13(14)20-17(21)23/h3-9H,2,10H2,1H3,(H,19,22)(H,20,23). The predicted octanol–water partition coefficient (Wildman–Crippen LogP) is 2.51. The molecule has 0 saturated heterocycles. The summed E-state index contributed by atoms with van der Waals surface area (Å²) in [4.78, 5) is 26.8. The van der Waals surface area contributed by atoms with Crippen molar-refractivity contribution in [1.29, 1.82) is 0 Å².